The van der Waals surface area contributed by atoms with Crippen LogP contribution >= 0.6 is 0 Å². The number of amides is 2. The average molecular weight is 484 g/mol. The van der Waals surface area contributed by atoms with Crippen LogP contribution < -0.4 is 16.0 Å². The zero-order chi connectivity index (χ0) is 25.1. The van der Waals surface area contributed by atoms with Crippen LogP contribution in [-0.2, 0) is 16.0 Å². The molecule has 2 amide bonds. The summed E-state index contributed by atoms with van der Waals surface area (Å²) >= 11 is 0. The summed E-state index contributed by atoms with van der Waals surface area (Å²) in [7, 11) is -1.31. The van der Waals surface area contributed by atoms with E-state index >= 15 is 0 Å². The lowest BCUT2D eigenvalue weighted by atomic mass is 10.0. The molecule has 0 fully saturated rings. The highest BCUT2D eigenvalue weighted by Gasteiger charge is 2.23. The minimum Gasteiger partial charge on any atom is -0.478 e. The molecule has 0 aliphatic heterocycles. The number of hydrogen-bond donors (Lipinski definition) is 4. The Morgan fingerprint density at radius 3 is 2.38 bits per heavy atom. The second-order valence-corrected chi connectivity index (χ2v) is 14.7. The fraction of sp³-hybridized carbons (Fsp3) is 0.320. The predicted octanol–water partition coefficient (Wildman–Crippen LogP) is 4.41. The third-order valence-electron chi connectivity index (χ3n) is 4.95. The Hall–Kier alpha value is -3.59. The third-order valence-corrected chi connectivity index (χ3v) is 6.70. The number of hydrogen-bond acceptors (Lipinski definition) is 5. The summed E-state index contributed by atoms with van der Waals surface area (Å²) in [6.45, 7) is 10.8. The highest BCUT2D eigenvalue weighted by atomic mass is 28.3. The van der Waals surface area contributed by atoms with Crippen molar-refractivity contribution in [3.05, 3.63) is 72.3 Å². The maximum atomic E-state index is 12.8. The first-order chi connectivity index (χ1) is 16.1. The molecule has 0 radical (unpaired) electrons. The van der Waals surface area contributed by atoms with Crippen molar-refractivity contribution in [1.29, 1.82) is 0 Å². The molecule has 1 atom stereocenters. The van der Waals surface area contributed by atoms with Gasteiger partial charge in [-0.15, -0.1) is 0 Å². The van der Waals surface area contributed by atoms with E-state index in [0.717, 1.165) is 11.6 Å². The molecule has 0 saturated heterocycles. The molecule has 2 rings (SSSR count). The molecule has 8 nitrogen and oxygen atoms in total. The van der Waals surface area contributed by atoms with E-state index in [1.54, 1.807) is 30.3 Å². The lowest BCUT2D eigenvalue weighted by molar-refractivity contribution is -0.122. The molecular formula is C25H33N3O5Si. The lowest BCUT2D eigenvalue weighted by Gasteiger charge is -2.20. The zero-order valence-electron chi connectivity index (χ0n) is 19.9. The molecule has 0 aliphatic rings. The van der Waals surface area contributed by atoms with E-state index < -0.39 is 26.2 Å². The summed E-state index contributed by atoms with van der Waals surface area (Å²) in [4.78, 5) is 36.3. The van der Waals surface area contributed by atoms with Crippen molar-refractivity contribution in [2.45, 2.75) is 38.1 Å². The topological polar surface area (TPSA) is 117 Å². The smallest absolute Gasteiger partial charge is 0.408 e. The molecule has 0 aromatic heterocycles. The van der Waals surface area contributed by atoms with Crippen LogP contribution in [-0.4, -0.2) is 50.3 Å². The van der Waals surface area contributed by atoms with Gasteiger partial charge in [0.05, 0.1) is 11.3 Å². The summed E-state index contributed by atoms with van der Waals surface area (Å²) in [6, 6.07) is 14.0. The summed E-state index contributed by atoms with van der Waals surface area (Å²) in [5.74, 6) is -1.29. The van der Waals surface area contributed by atoms with Gasteiger partial charge in [-0.25, -0.2) is 9.59 Å². The van der Waals surface area contributed by atoms with Gasteiger partial charge in [-0.1, -0.05) is 56.6 Å². The van der Waals surface area contributed by atoms with Gasteiger partial charge in [0.2, 0.25) is 5.91 Å². The van der Waals surface area contributed by atoms with Gasteiger partial charge < -0.3 is 25.8 Å². The van der Waals surface area contributed by atoms with Gasteiger partial charge in [-0.2, -0.15) is 0 Å². The van der Waals surface area contributed by atoms with Gasteiger partial charge in [-0.3, -0.25) is 4.79 Å². The fourth-order valence-electron chi connectivity index (χ4n) is 3.11. The van der Waals surface area contributed by atoms with E-state index in [4.69, 9.17) is 4.74 Å². The second kappa shape index (κ2) is 12.6. The van der Waals surface area contributed by atoms with Crippen molar-refractivity contribution in [2.24, 2.45) is 0 Å². The van der Waals surface area contributed by atoms with E-state index in [-0.39, 0.29) is 24.5 Å². The molecular weight excluding hydrogens is 450 g/mol. The number of alkyl carbamates (subject to hydrolysis) is 1. The highest BCUT2D eigenvalue weighted by molar-refractivity contribution is 6.76. The SMILES string of the molecule is C=CCOC(=O)N[C@@H](Cc1ccc(Nc2ccccc2C(=O)O)cc1)C(=O)NCC[Si](C)(C)C. The van der Waals surface area contributed by atoms with Crippen LogP contribution in [0.15, 0.2) is 61.2 Å². The number of carboxylic acid groups (broad SMARTS) is 1. The van der Waals surface area contributed by atoms with Gasteiger partial charge in [0.15, 0.2) is 0 Å². The minimum absolute atomic E-state index is 0.0496. The van der Waals surface area contributed by atoms with Crippen molar-refractivity contribution in [3.8, 4) is 0 Å². The number of carbonyl (C=O) groups is 3. The van der Waals surface area contributed by atoms with Crippen molar-refractivity contribution in [2.75, 3.05) is 18.5 Å². The minimum atomic E-state index is -1.31. The summed E-state index contributed by atoms with van der Waals surface area (Å²) in [6.07, 6.45) is 1.04. The van der Waals surface area contributed by atoms with Gasteiger partial charge in [-0.05, 0) is 35.9 Å². The molecule has 2 aromatic carbocycles. The number of carbonyl (C=O) groups excluding carboxylic acids is 2. The number of carboxylic acids is 1. The van der Waals surface area contributed by atoms with Crippen LogP contribution in [0.1, 0.15) is 15.9 Å². The van der Waals surface area contributed by atoms with Crippen molar-refractivity contribution in [3.63, 3.8) is 0 Å². The van der Waals surface area contributed by atoms with Crippen LogP contribution in [0.25, 0.3) is 0 Å². The molecule has 0 aliphatic carbocycles. The number of nitrogens with one attached hydrogen (secondary N) is 3. The zero-order valence-corrected chi connectivity index (χ0v) is 20.9. The van der Waals surface area contributed by atoms with Gasteiger partial charge in [0.25, 0.3) is 0 Å². The van der Waals surface area contributed by atoms with Crippen molar-refractivity contribution >= 4 is 37.4 Å². The van der Waals surface area contributed by atoms with E-state index in [0.29, 0.717) is 17.9 Å². The van der Waals surface area contributed by atoms with Crippen LogP contribution in [0.3, 0.4) is 0 Å². The molecule has 182 valence electrons. The Labute approximate surface area is 201 Å². The number of ether oxygens (including phenoxy) is 1. The molecule has 0 bridgehead atoms. The Morgan fingerprint density at radius 2 is 1.76 bits per heavy atom. The maximum absolute atomic E-state index is 12.8. The summed E-state index contributed by atoms with van der Waals surface area (Å²) in [5, 5.41) is 18.0. The van der Waals surface area contributed by atoms with Crippen molar-refractivity contribution in [1.82, 2.24) is 10.6 Å². The molecule has 2 aromatic rings. The third kappa shape index (κ3) is 9.11. The molecule has 0 spiro atoms. The summed E-state index contributed by atoms with van der Waals surface area (Å²) < 4.78 is 4.99. The van der Waals surface area contributed by atoms with E-state index in [2.05, 4.69) is 42.2 Å². The first-order valence-corrected chi connectivity index (χ1v) is 14.8. The largest absolute Gasteiger partial charge is 0.478 e. The Morgan fingerprint density at radius 1 is 1.09 bits per heavy atom. The number of anilines is 2. The lowest BCUT2D eigenvalue weighted by Crippen LogP contribution is -2.48. The number of rotatable bonds is 12. The second-order valence-electron chi connectivity index (χ2n) is 9.06. The Kier molecular flexibility index (Phi) is 9.87. The number of benzene rings is 2. The highest BCUT2D eigenvalue weighted by Crippen LogP contribution is 2.21. The summed E-state index contributed by atoms with van der Waals surface area (Å²) in [5.41, 5.74) is 2.18. The quantitative estimate of drug-likeness (QED) is 0.263. The monoisotopic (exact) mass is 483 g/mol. The van der Waals surface area contributed by atoms with Crippen molar-refractivity contribution < 1.29 is 24.2 Å². The van der Waals surface area contributed by atoms with Crippen LogP contribution in [0, 0.1) is 0 Å². The molecule has 0 heterocycles. The van der Waals surface area contributed by atoms with E-state index in [1.807, 2.05) is 12.1 Å². The first-order valence-electron chi connectivity index (χ1n) is 11.1. The van der Waals surface area contributed by atoms with E-state index in [9.17, 15) is 19.5 Å². The van der Waals surface area contributed by atoms with Gasteiger partial charge >= 0.3 is 12.1 Å². The fourth-order valence-corrected chi connectivity index (χ4v) is 3.98. The Balaban J connectivity index is 2.09. The predicted molar refractivity (Wildman–Crippen MR) is 136 cm³/mol. The normalized spacial score (nSPS) is 11.7. The Bertz CT molecular complexity index is 1000. The van der Waals surface area contributed by atoms with Crippen LogP contribution in [0.2, 0.25) is 25.7 Å². The molecule has 34 heavy (non-hydrogen) atoms. The average Bonchev–Trinajstić information content (AvgIpc) is 2.77. The van der Waals surface area contributed by atoms with Gasteiger partial charge in [0, 0.05) is 26.7 Å². The maximum Gasteiger partial charge on any atom is 0.408 e. The van der Waals surface area contributed by atoms with Crippen LogP contribution in [0.5, 0.6) is 0 Å². The van der Waals surface area contributed by atoms with E-state index in [1.165, 1.54) is 12.1 Å². The van der Waals surface area contributed by atoms with Gasteiger partial charge in [0.1, 0.15) is 12.6 Å². The standard InChI is InChI=1S/C25H33N3O5Si/c1-5-15-33-25(32)28-22(23(29)26-14-16-34(2,3)4)17-18-10-12-19(13-11-18)27-21-9-7-6-8-20(21)24(30)31/h5-13,22,27H,1,14-17H2,2-4H3,(H,26,29)(H,28,32)(H,30,31)/t22-/m0/s1. The molecule has 9 heteroatoms. The molecule has 0 saturated carbocycles. The number of aromatic carboxylic acids is 1. The molecule has 4 N–H and O–H groups in total. The first kappa shape index (κ1) is 26.7. The molecule has 0 unspecified atom stereocenters. The van der Waals surface area contributed by atoms with Crippen LogP contribution in [0.4, 0.5) is 16.2 Å². The number of para-hydroxylation sites is 1.